The first kappa shape index (κ1) is 63.2. The molecule has 0 bridgehead atoms. The largest absolute Gasteiger partial charge is 0.497 e. The number of carbonyl (C=O) groups is 4. The molecular formula is C56H86ClN5O15. The van der Waals surface area contributed by atoms with Crippen molar-refractivity contribution in [2.45, 2.75) is 187 Å². The minimum atomic E-state index is -1.68. The number of halogens is 1. The number of nitrogens with zero attached hydrogens (tertiary/aromatic N) is 2. The van der Waals surface area contributed by atoms with Crippen LogP contribution in [-0.4, -0.2) is 169 Å². The van der Waals surface area contributed by atoms with Gasteiger partial charge in [-0.25, -0.2) is 15.0 Å². The molecule has 2 aromatic carbocycles. The second-order valence-electron chi connectivity index (χ2n) is 22.5. The van der Waals surface area contributed by atoms with Gasteiger partial charge < -0.3 is 63.4 Å². The normalized spacial score (nSPS) is 34.7. The van der Waals surface area contributed by atoms with Gasteiger partial charge in [0.2, 0.25) is 0 Å². The maximum absolute atomic E-state index is 14.8. The third-order valence-electron chi connectivity index (χ3n) is 15.2. The lowest BCUT2D eigenvalue weighted by molar-refractivity contribution is -0.312. The number of likely N-dealkylation sites (N-methyl/N-ethyl adjacent to an activating group) is 2. The Morgan fingerprint density at radius 2 is 1.53 bits per heavy atom. The van der Waals surface area contributed by atoms with E-state index in [0.717, 1.165) is 11.1 Å². The molecule has 3 amide bonds. The molecule has 3 fully saturated rings. The van der Waals surface area contributed by atoms with Crippen molar-refractivity contribution in [1.82, 2.24) is 26.0 Å². The van der Waals surface area contributed by atoms with Gasteiger partial charge in [-0.2, -0.15) is 0 Å². The van der Waals surface area contributed by atoms with Crippen LogP contribution in [0.2, 0.25) is 5.02 Å². The van der Waals surface area contributed by atoms with E-state index in [0.29, 0.717) is 23.7 Å². The van der Waals surface area contributed by atoms with Crippen molar-refractivity contribution in [3.05, 3.63) is 70.8 Å². The van der Waals surface area contributed by atoms with Gasteiger partial charge in [0.1, 0.15) is 36.3 Å². The smallest absolute Gasteiger partial charge is 0.426 e. The molecule has 5 rings (SSSR count). The SMILES string of the molecule is CC[C@H]1OC(=O)[C@H](C)[C@@H](OC2CC(C)(C)[C@@H](OC(=O)NNC(=O)/C=C/c3ccc(Cl)cc3)[C@H](C)O2)[C@H](C)[C@@H](O[C@@H]2O[C@H](C)C[C@H](N(C)C)[C@H]2O)[C@@](C)(O)C[C@@H](C)CN(C)[C@H](C)[C@@H](OC(=O)NCc2ccc(OC)cc2)[C@H]1O. The topological polar surface area (TPSA) is 245 Å². The van der Waals surface area contributed by atoms with Crippen LogP contribution in [0.4, 0.5) is 9.59 Å². The van der Waals surface area contributed by atoms with E-state index in [-0.39, 0.29) is 43.9 Å². The van der Waals surface area contributed by atoms with E-state index >= 15 is 0 Å². The number of alkyl carbamates (subject to hydrolysis) is 1. The molecule has 3 aliphatic heterocycles. The summed E-state index contributed by atoms with van der Waals surface area (Å²) in [6.45, 7) is 18.4. The van der Waals surface area contributed by atoms with E-state index < -0.39 is 114 Å². The summed E-state index contributed by atoms with van der Waals surface area (Å²) in [5, 5.41) is 40.2. The van der Waals surface area contributed by atoms with Crippen LogP contribution in [-0.2, 0) is 49.3 Å². The van der Waals surface area contributed by atoms with E-state index in [1.165, 1.54) is 6.08 Å². The minimum Gasteiger partial charge on any atom is -0.497 e. The highest BCUT2D eigenvalue weighted by atomic mass is 35.5. The summed E-state index contributed by atoms with van der Waals surface area (Å²) in [7, 11) is 7.12. The summed E-state index contributed by atoms with van der Waals surface area (Å²) >= 11 is 5.96. The number of aliphatic hydroxyl groups is 3. The Morgan fingerprint density at radius 1 is 0.870 bits per heavy atom. The molecule has 1 unspecified atom stereocenters. The molecular weight excluding hydrogens is 1020 g/mol. The molecule has 3 heterocycles. The second kappa shape index (κ2) is 28.0. The zero-order valence-corrected chi connectivity index (χ0v) is 48.0. The number of carbonyl (C=O) groups excluding carboxylic acids is 4. The van der Waals surface area contributed by atoms with Crippen LogP contribution in [0.5, 0.6) is 5.75 Å². The predicted molar refractivity (Wildman–Crippen MR) is 288 cm³/mol. The fourth-order valence-electron chi connectivity index (χ4n) is 10.9. The van der Waals surface area contributed by atoms with Crippen molar-refractivity contribution in [2.24, 2.45) is 23.2 Å². The lowest BCUT2D eigenvalue weighted by Crippen LogP contribution is -2.60. The first-order valence-electron chi connectivity index (χ1n) is 26.7. The fourth-order valence-corrected chi connectivity index (χ4v) is 11.1. The number of rotatable bonds is 13. The summed E-state index contributed by atoms with van der Waals surface area (Å²) in [6.07, 6.45) is -9.45. The summed E-state index contributed by atoms with van der Waals surface area (Å²) < 4.78 is 49.9. The Bertz CT molecular complexity index is 2250. The molecule has 0 aromatic heterocycles. The molecule has 0 radical (unpaired) electrons. The van der Waals surface area contributed by atoms with Crippen molar-refractivity contribution < 1.29 is 72.4 Å². The molecule has 0 aliphatic carbocycles. The van der Waals surface area contributed by atoms with Crippen LogP contribution < -0.4 is 20.9 Å². The third-order valence-corrected chi connectivity index (χ3v) is 15.4. The highest BCUT2D eigenvalue weighted by Crippen LogP contribution is 2.42. The molecule has 0 spiro atoms. The second-order valence-corrected chi connectivity index (χ2v) is 22.9. The minimum absolute atomic E-state index is 0.125. The molecule has 77 heavy (non-hydrogen) atoms. The molecule has 432 valence electrons. The number of hydrogen-bond acceptors (Lipinski definition) is 17. The van der Waals surface area contributed by atoms with Gasteiger partial charge in [-0.3, -0.25) is 19.9 Å². The Balaban J connectivity index is 1.44. The molecule has 3 aliphatic rings. The Kier molecular flexibility index (Phi) is 23.0. The quantitative estimate of drug-likeness (QED) is 0.0565. The maximum Gasteiger partial charge on any atom is 0.426 e. The van der Waals surface area contributed by atoms with Crippen LogP contribution in [0, 0.1) is 23.2 Å². The van der Waals surface area contributed by atoms with E-state index in [9.17, 15) is 34.5 Å². The molecule has 0 saturated carbocycles. The number of cyclic esters (lactones) is 1. The molecule has 3 saturated heterocycles. The van der Waals surface area contributed by atoms with E-state index in [1.807, 2.05) is 65.6 Å². The van der Waals surface area contributed by atoms with Gasteiger partial charge >= 0.3 is 18.2 Å². The molecule has 21 heteroatoms. The molecule has 6 N–H and O–H groups in total. The maximum atomic E-state index is 14.8. The van der Waals surface area contributed by atoms with Gasteiger partial charge in [-0.05, 0) is 122 Å². The van der Waals surface area contributed by atoms with Gasteiger partial charge in [-0.15, -0.1) is 0 Å². The fraction of sp³-hybridized carbons (Fsp3) is 0.679. The Labute approximate surface area is 459 Å². The van der Waals surface area contributed by atoms with Gasteiger partial charge in [0.15, 0.2) is 12.6 Å². The summed E-state index contributed by atoms with van der Waals surface area (Å²) in [4.78, 5) is 57.9. The van der Waals surface area contributed by atoms with Gasteiger partial charge in [0.05, 0.1) is 43.0 Å². The van der Waals surface area contributed by atoms with Crippen LogP contribution in [0.1, 0.15) is 106 Å². The lowest BCUT2D eigenvalue weighted by atomic mass is 9.77. The van der Waals surface area contributed by atoms with Crippen molar-refractivity contribution >= 4 is 41.7 Å². The van der Waals surface area contributed by atoms with Gasteiger partial charge in [0, 0.05) is 54.0 Å². The summed E-state index contributed by atoms with van der Waals surface area (Å²) in [5.41, 5.74) is 3.61. The monoisotopic (exact) mass is 1100 g/mol. The summed E-state index contributed by atoms with van der Waals surface area (Å²) in [5.74, 6) is -2.97. The van der Waals surface area contributed by atoms with E-state index in [4.69, 9.17) is 49.5 Å². The number of aliphatic hydroxyl groups excluding tert-OH is 2. The van der Waals surface area contributed by atoms with Gasteiger partial charge in [-0.1, -0.05) is 70.5 Å². The molecule has 2 aromatic rings. The van der Waals surface area contributed by atoms with Crippen molar-refractivity contribution in [2.75, 3.05) is 34.8 Å². The average molecular weight is 1100 g/mol. The van der Waals surface area contributed by atoms with E-state index in [1.54, 1.807) is 96.3 Å². The van der Waals surface area contributed by atoms with Crippen molar-refractivity contribution in [1.29, 1.82) is 0 Å². The van der Waals surface area contributed by atoms with Crippen LogP contribution in [0.15, 0.2) is 54.6 Å². The number of benzene rings is 2. The number of amides is 3. The number of ether oxygens (including phenoxy) is 8. The van der Waals surface area contributed by atoms with E-state index in [2.05, 4.69) is 16.2 Å². The molecule has 17 atom stereocenters. The third kappa shape index (κ3) is 17.4. The van der Waals surface area contributed by atoms with Crippen molar-refractivity contribution in [3.8, 4) is 5.75 Å². The zero-order chi connectivity index (χ0) is 57.1. The Hall–Kier alpha value is -4.61. The van der Waals surface area contributed by atoms with Crippen LogP contribution in [0.25, 0.3) is 6.08 Å². The highest BCUT2D eigenvalue weighted by molar-refractivity contribution is 6.30. The van der Waals surface area contributed by atoms with Crippen LogP contribution >= 0.6 is 11.6 Å². The van der Waals surface area contributed by atoms with Gasteiger partial charge in [0.25, 0.3) is 5.91 Å². The Morgan fingerprint density at radius 3 is 2.14 bits per heavy atom. The number of hydrazine groups is 1. The first-order valence-corrected chi connectivity index (χ1v) is 27.1. The summed E-state index contributed by atoms with van der Waals surface area (Å²) in [6, 6.07) is 13.0. The zero-order valence-electron chi connectivity index (χ0n) is 47.3. The standard InChI is InChI=1S/C56H86ClN5O15/c1-15-42-46(65)48(75-53(67)58-29-38-18-23-40(70-14)24-19-38)35(6)62(13)30-31(2)27-56(10,69)49(76-52-45(64)41(61(11)12)26-32(3)71-52)33(4)47(34(5)51(66)73-42)74-44-28-55(8,9)50(36(7)72-44)77-54(68)60-59-43(63)25-20-37-16-21-39(57)22-17-37/h16-25,31-36,41-42,44-50,52,64-65,69H,15,26-30H2,1-14H3,(H,58,67)(H,59,63)(H,60,68)/b25-20+/t31-,32-,33+,34-,35-,36+,41+,42-,44?,45-,46+,47+,48-,49-,50+,52+,56+/m1/s1. The average Bonchev–Trinajstić information content (AvgIpc) is 3.37. The van der Waals surface area contributed by atoms with Crippen LogP contribution in [0.3, 0.4) is 0 Å². The number of methoxy groups -OCH3 is 1. The van der Waals surface area contributed by atoms with Crippen molar-refractivity contribution in [3.63, 3.8) is 0 Å². The lowest BCUT2D eigenvalue weighted by Gasteiger charge is -2.49. The molecule has 20 nitrogen and oxygen atoms in total. The first-order chi connectivity index (χ1) is 36.1. The predicted octanol–water partition coefficient (Wildman–Crippen LogP) is 6.21. The highest BCUT2D eigenvalue weighted by Gasteiger charge is 2.52. The number of nitrogens with one attached hydrogen (secondary N) is 3. The number of esters is 1. The number of hydrogen-bond donors (Lipinski definition) is 6.